The molecule has 1 amide bonds. The smallest absolute Gasteiger partial charge is 0.270 e. The number of thiocarbonyl (C=S) groups is 1. The van der Waals surface area contributed by atoms with Crippen molar-refractivity contribution in [3.63, 3.8) is 0 Å². The van der Waals surface area contributed by atoms with Crippen LogP contribution in [0, 0.1) is 24.2 Å². The average Bonchev–Trinajstić information content (AvgIpc) is 3.38. The van der Waals surface area contributed by atoms with Gasteiger partial charge in [0.15, 0.2) is 0 Å². The monoisotopic (exact) mass is 470 g/mol. The molecule has 6 nitrogen and oxygen atoms in total. The number of nitriles is 1. The second-order valence-corrected chi connectivity index (χ2v) is 10.8. The maximum atomic E-state index is 13.3. The van der Waals surface area contributed by atoms with E-state index in [2.05, 4.69) is 17.9 Å². The third-order valence-corrected chi connectivity index (χ3v) is 8.24. The van der Waals surface area contributed by atoms with Crippen molar-refractivity contribution in [2.45, 2.75) is 71.9 Å². The zero-order valence-electron chi connectivity index (χ0n) is 19.0. The highest BCUT2D eigenvalue weighted by Gasteiger charge is 2.38. The van der Waals surface area contributed by atoms with Gasteiger partial charge in [0.25, 0.3) is 11.5 Å². The van der Waals surface area contributed by atoms with Gasteiger partial charge in [-0.2, -0.15) is 5.26 Å². The summed E-state index contributed by atoms with van der Waals surface area (Å²) >= 11 is 6.92. The molecule has 3 aliphatic rings. The third-order valence-electron chi connectivity index (χ3n) is 6.91. The summed E-state index contributed by atoms with van der Waals surface area (Å²) in [6.07, 6.45) is 8.35. The van der Waals surface area contributed by atoms with Crippen molar-refractivity contribution in [3.05, 3.63) is 31.9 Å². The van der Waals surface area contributed by atoms with Crippen molar-refractivity contribution in [3.8, 4) is 6.07 Å². The number of piperidine rings is 1. The molecule has 8 heteroatoms. The highest BCUT2D eigenvalue weighted by atomic mass is 32.2. The zero-order valence-corrected chi connectivity index (χ0v) is 20.7. The van der Waals surface area contributed by atoms with Gasteiger partial charge >= 0.3 is 0 Å². The average molecular weight is 471 g/mol. The summed E-state index contributed by atoms with van der Waals surface area (Å²) in [5, 5.41) is 9.73. The van der Waals surface area contributed by atoms with Crippen LogP contribution in [0.1, 0.15) is 69.1 Å². The van der Waals surface area contributed by atoms with Gasteiger partial charge in [-0.05, 0) is 57.1 Å². The maximum Gasteiger partial charge on any atom is 0.270 e. The number of carbonyl (C=O) groups excluding carboxylic acids is 1. The molecule has 1 unspecified atom stereocenters. The number of hydrogen-bond acceptors (Lipinski definition) is 6. The molecule has 0 bridgehead atoms. The van der Waals surface area contributed by atoms with Gasteiger partial charge in [0, 0.05) is 31.2 Å². The fraction of sp³-hybridized carbons (Fsp3) is 0.583. The molecule has 0 aromatic carbocycles. The van der Waals surface area contributed by atoms with Crippen LogP contribution in [0.3, 0.4) is 0 Å². The first-order valence-corrected chi connectivity index (χ1v) is 12.8. The van der Waals surface area contributed by atoms with Crippen molar-refractivity contribution < 1.29 is 4.79 Å². The molecular formula is C24H30N4O2S2. The third kappa shape index (κ3) is 4.01. The van der Waals surface area contributed by atoms with Crippen LogP contribution in [0.25, 0.3) is 6.08 Å². The van der Waals surface area contributed by atoms with E-state index in [1.165, 1.54) is 11.8 Å². The quantitative estimate of drug-likeness (QED) is 0.479. The Morgan fingerprint density at radius 1 is 1.22 bits per heavy atom. The van der Waals surface area contributed by atoms with Crippen molar-refractivity contribution in [2.24, 2.45) is 5.92 Å². The highest BCUT2D eigenvalue weighted by molar-refractivity contribution is 8.26. The van der Waals surface area contributed by atoms with E-state index in [-0.39, 0.29) is 23.1 Å². The summed E-state index contributed by atoms with van der Waals surface area (Å²) in [5.41, 5.74) is 1.33. The van der Waals surface area contributed by atoms with Gasteiger partial charge in [-0.25, -0.2) is 0 Å². The molecule has 2 aliphatic heterocycles. The molecule has 3 fully saturated rings. The van der Waals surface area contributed by atoms with Crippen LogP contribution < -0.4 is 10.5 Å². The van der Waals surface area contributed by atoms with E-state index in [0.29, 0.717) is 27.3 Å². The summed E-state index contributed by atoms with van der Waals surface area (Å²) in [6.45, 7) is 8.16. The van der Waals surface area contributed by atoms with Crippen LogP contribution in [0.4, 0.5) is 5.82 Å². The minimum absolute atomic E-state index is 0.0444. The maximum absolute atomic E-state index is 13.3. The van der Waals surface area contributed by atoms with Crippen molar-refractivity contribution in [1.82, 2.24) is 9.47 Å². The van der Waals surface area contributed by atoms with Gasteiger partial charge in [0.1, 0.15) is 21.8 Å². The Morgan fingerprint density at radius 2 is 1.94 bits per heavy atom. The standard InChI is InChI=1S/C24H30N4O2S2/c1-4-27-21(26-11-7-8-15(2)14-26)18(16(3)19(13-25)22(27)29)12-20-23(30)28(24(31)32-20)17-9-5-6-10-17/h12,15,17H,4-11,14H2,1-3H3/b20-12-. The molecule has 0 radical (unpaired) electrons. The van der Waals surface area contributed by atoms with Crippen LogP contribution in [0.2, 0.25) is 0 Å². The van der Waals surface area contributed by atoms with Crippen LogP contribution in [-0.2, 0) is 11.3 Å². The molecule has 0 N–H and O–H groups in total. The number of pyridine rings is 1. The summed E-state index contributed by atoms with van der Waals surface area (Å²) < 4.78 is 2.32. The fourth-order valence-corrected chi connectivity index (χ4v) is 6.63. The van der Waals surface area contributed by atoms with Gasteiger partial charge < -0.3 is 4.90 Å². The molecular weight excluding hydrogens is 440 g/mol. The van der Waals surface area contributed by atoms with E-state index < -0.39 is 0 Å². The number of rotatable bonds is 4. The Balaban J connectivity index is 1.86. The van der Waals surface area contributed by atoms with Crippen LogP contribution in [0.15, 0.2) is 9.70 Å². The van der Waals surface area contributed by atoms with E-state index >= 15 is 0 Å². The van der Waals surface area contributed by atoms with E-state index in [1.54, 1.807) is 9.47 Å². The van der Waals surface area contributed by atoms with E-state index in [9.17, 15) is 14.9 Å². The largest absolute Gasteiger partial charge is 0.357 e. The van der Waals surface area contributed by atoms with Gasteiger partial charge in [-0.1, -0.05) is 43.7 Å². The minimum Gasteiger partial charge on any atom is -0.357 e. The lowest BCUT2D eigenvalue weighted by molar-refractivity contribution is -0.123. The number of thioether (sulfide) groups is 1. The molecule has 1 saturated carbocycles. The number of nitrogens with zero attached hydrogens (tertiary/aromatic N) is 4. The Labute approximate surface area is 199 Å². The number of carbonyl (C=O) groups is 1. The zero-order chi connectivity index (χ0) is 23.0. The van der Waals surface area contributed by atoms with E-state index in [4.69, 9.17) is 12.2 Å². The lowest BCUT2D eigenvalue weighted by Crippen LogP contribution is -2.40. The Morgan fingerprint density at radius 3 is 2.56 bits per heavy atom. The molecule has 1 aromatic heterocycles. The van der Waals surface area contributed by atoms with Crippen LogP contribution in [0.5, 0.6) is 0 Å². The Kier molecular flexibility index (Phi) is 6.78. The summed E-state index contributed by atoms with van der Waals surface area (Å²) in [4.78, 5) is 31.1. The SMILES string of the molecule is CCn1c(N2CCCC(C)C2)c(/C=C2\SC(=S)N(C3CCCC3)C2=O)c(C)c(C#N)c1=O. The molecule has 1 atom stereocenters. The van der Waals surface area contributed by atoms with Gasteiger partial charge in [0.2, 0.25) is 0 Å². The van der Waals surface area contributed by atoms with Crippen molar-refractivity contribution in [2.75, 3.05) is 18.0 Å². The van der Waals surface area contributed by atoms with Crippen LogP contribution in [-0.4, -0.2) is 38.8 Å². The minimum atomic E-state index is -0.253. The molecule has 1 aliphatic carbocycles. The first-order chi connectivity index (χ1) is 15.4. The number of amides is 1. The Bertz CT molecular complexity index is 1080. The molecule has 3 heterocycles. The van der Waals surface area contributed by atoms with Gasteiger partial charge in [-0.3, -0.25) is 19.1 Å². The molecule has 0 spiro atoms. The normalized spacial score (nSPS) is 23.4. The molecule has 2 saturated heterocycles. The summed E-state index contributed by atoms with van der Waals surface area (Å²) in [6, 6.07) is 2.30. The molecule has 170 valence electrons. The topological polar surface area (TPSA) is 69.3 Å². The predicted molar refractivity (Wildman–Crippen MR) is 134 cm³/mol. The van der Waals surface area contributed by atoms with Crippen molar-refractivity contribution >= 4 is 46.1 Å². The number of aromatic nitrogens is 1. The summed E-state index contributed by atoms with van der Waals surface area (Å²) in [7, 11) is 0. The van der Waals surface area contributed by atoms with Gasteiger partial charge in [-0.15, -0.1) is 0 Å². The molecule has 32 heavy (non-hydrogen) atoms. The lowest BCUT2D eigenvalue weighted by atomic mass is 9.98. The predicted octanol–water partition coefficient (Wildman–Crippen LogP) is 4.43. The molecule has 4 rings (SSSR count). The summed E-state index contributed by atoms with van der Waals surface area (Å²) in [5.74, 6) is 1.30. The number of hydrogen-bond donors (Lipinski definition) is 0. The molecule has 1 aromatic rings. The van der Waals surface area contributed by atoms with E-state index in [1.807, 2.05) is 19.9 Å². The number of anilines is 1. The first-order valence-electron chi connectivity index (χ1n) is 11.6. The Hall–Kier alpha value is -2.11. The van der Waals surface area contributed by atoms with Gasteiger partial charge in [0.05, 0.1) is 4.91 Å². The van der Waals surface area contributed by atoms with Crippen molar-refractivity contribution in [1.29, 1.82) is 5.26 Å². The fourth-order valence-electron chi connectivity index (χ4n) is 5.25. The first kappa shape index (κ1) is 23.1. The lowest BCUT2D eigenvalue weighted by Gasteiger charge is -2.35. The van der Waals surface area contributed by atoms with Crippen LogP contribution >= 0.6 is 24.0 Å². The second-order valence-electron chi connectivity index (χ2n) is 9.08. The highest BCUT2D eigenvalue weighted by Crippen LogP contribution is 2.39. The van der Waals surface area contributed by atoms with E-state index in [0.717, 1.165) is 63.0 Å². The second kappa shape index (κ2) is 9.40.